The quantitative estimate of drug-likeness (QED) is 0.731. The number of carbonyl (C=O) groups excluding carboxylic acids is 1. The number of amides is 1. The molecule has 28 heavy (non-hydrogen) atoms. The Morgan fingerprint density at radius 1 is 1.14 bits per heavy atom. The molecule has 1 amide bonds. The highest BCUT2D eigenvalue weighted by Gasteiger charge is 2.26. The van der Waals surface area contributed by atoms with Crippen LogP contribution in [-0.2, 0) is 22.7 Å². The van der Waals surface area contributed by atoms with Gasteiger partial charge in [0.25, 0.3) is 0 Å². The molecular formula is C22H28N2O4. The summed E-state index contributed by atoms with van der Waals surface area (Å²) in [7, 11) is 1.61. The number of ether oxygens (including phenoxy) is 3. The van der Waals surface area contributed by atoms with Crippen LogP contribution in [0, 0.1) is 5.92 Å². The van der Waals surface area contributed by atoms with Gasteiger partial charge in [-0.3, -0.25) is 4.79 Å². The molecule has 1 aliphatic rings. The highest BCUT2D eigenvalue weighted by molar-refractivity contribution is 5.81. The molecule has 3 rings (SSSR count). The zero-order chi connectivity index (χ0) is 19.8. The molecule has 2 aromatic rings. The van der Waals surface area contributed by atoms with Crippen molar-refractivity contribution in [1.29, 1.82) is 0 Å². The third-order valence-electron chi connectivity index (χ3n) is 5.01. The summed E-state index contributed by atoms with van der Waals surface area (Å²) in [6.07, 6.45) is 1.66. The van der Waals surface area contributed by atoms with E-state index < -0.39 is 6.04 Å². The second kappa shape index (κ2) is 10.1. The Bertz CT molecular complexity index is 760. The second-order valence-electron chi connectivity index (χ2n) is 6.95. The van der Waals surface area contributed by atoms with Gasteiger partial charge in [-0.1, -0.05) is 36.4 Å². The van der Waals surface area contributed by atoms with E-state index in [1.165, 1.54) is 0 Å². The lowest BCUT2D eigenvalue weighted by Gasteiger charge is -2.26. The van der Waals surface area contributed by atoms with E-state index in [1.54, 1.807) is 7.11 Å². The van der Waals surface area contributed by atoms with Crippen LogP contribution < -0.4 is 20.5 Å². The normalized spacial score (nSPS) is 15.6. The Balaban J connectivity index is 1.54. The molecule has 6 nitrogen and oxygen atoms in total. The highest BCUT2D eigenvalue weighted by atomic mass is 16.5. The lowest BCUT2D eigenvalue weighted by Crippen LogP contribution is -2.46. The van der Waals surface area contributed by atoms with Gasteiger partial charge in [0.15, 0.2) is 11.5 Å². The number of methoxy groups -OCH3 is 1. The number of nitrogens with one attached hydrogen (secondary N) is 1. The van der Waals surface area contributed by atoms with Crippen LogP contribution in [0.15, 0.2) is 48.5 Å². The minimum Gasteiger partial charge on any atom is -0.493 e. The molecule has 0 radical (unpaired) electrons. The lowest BCUT2D eigenvalue weighted by molar-refractivity contribution is -0.124. The van der Waals surface area contributed by atoms with Crippen LogP contribution in [0.5, 0.6) is 11.5 Å². The molecule has 0 bridgehead atoms. The molecule has 1 atom stereocenters. The Morgan fingerprint density at radius 2 is 1.89 bits per heavy atom. The lowest BCUT2D eigenvalue weighted by atomic mass is 9.92. The third kappa shape index (κ3) is 5.47. The SMILES string of the molecule is COc1cc(CNC(=O)C(N)C2CCOCC2)ccc1OCc1ccccc1. The molecule has 2 aromatic carbocycles. The van der Waals surface area contributed by atoms with Crippen LogP contribution in [0.3, 0.4) is 0 Å². The summed E-state index contributed by atoms with van der Waals surface area (Å²) in [6, 6.07) is 15.1. The first-order valence-corrected chi connectivity index (χ1v) is 9.62. The van der Waals surface area contributed by atoms with Gasteiger partial charge in [0, 0.05) is 19.8 Å². The largest absolute Gasteiger partial charge is 0.493 e. The minimum absolute atomic E-state index is 0.129. The van der Waals surface area contributed by atoms with Crippen LogP contribution in [0.25, 0.3) is 0 Å². The van der Waals surface area contributed by atoms with Gasteiger partial charge in [0.1, 0.15) is 6.61 Å². The van der Waals surface area contributed by atoms with Crippen molar-refractivity contribution in [1.82, 2.24) is 5.32 Å². The van der Waals surface area contributed by atoms with E-state index in [1.807, 2.05) is 48.5 Å². The van der Waals surface area contributed by atoms with Gasteiger partial charge in [-0.2, -0.15) is 0 Å². The number of hydrogen-bond donors (Lipinski definition) is 2. The van der Waals surface area contributed by atoms with Crippen molar-refractivity contribution in [3.63, 3.8) is 0 Å². The summed E-state index contributed by atoms with van der Waals surface area (Å²) in [5.41, 5.74) is 8.13. The number of benzene rings is 2. The molecule has 6 heteroatoms. The molecule has 0 aromatic heterocycles. The maximum atomic E-state index is 12.4. The van der Waals surface area contributed by atoms with Gasteiger partial charge in [-0.05, 0) is 42.0 Å². The van der Waals surface area contributed by atoms with E-state index >= 15 is 0 Å². The van der Waals surface area contributed by atoms with E-state index in [-0.39, 0.29) is 11.8 Å². The van der Waals surface area contributed by atoms with Gasteiger partial charge in [0.05, 0.1) is 13.2 Å². The molecule has 0 saturated carbocycles. The van der Waals surface area contributed by atoms with Crippen molar-refractivity contribution < 1.29 is 19.0 Å². The maximum absolute atomic E-state index is 12.4. The first-order chi connectivity index (χ1) is 13.7. The Labute approximate surface area is 166 Å². The molecular weight excluding hydrogens is 356 g/mol. The standard InChI is InChI=1S/C22H28N2O4/c1-26-20-13-17(7-8-19(20)28-15-16-5-3-2-4-6-16)14-24-22(25)21(23)18-9-11-27-12-10-18/h2-8,13,18,21H,9-12,14-15,23H2,1H3,(H,24,25). The fourth-order valence-electron chi connectivity index (χ4n) is 3.27. The van der Waals surface area contributed by atoms with Gasteiger partial charge in [-0.15, -0.1) is 0 Å². The minimum atomic E-state index is -0.501. The fraction of sp³-hybridized carbons (Fsp3) is 0.409. The first-order valence-electron chi connectivity index (χ1n) is 9.62. The van der Waals surface area contributed by atoms with E-state index in [2.05, 4.69) is 5.32 Å². The van der Waals surface area contributed by atoms with Crippen LogP contribution in [0.1, 0.15) is 24.0 Å². The molecule has 3 N–H and O–H groups in total. The fourth-order valence-corrected chi connectivity index (χ4v) is 3.27. The predicted octanol–water partition coefficient (Wildman–Crippen LogP) is 2.64. The van der Waals surface area contributed by atoms with Crippen molar-refractivity contribution in [2.45, 2.75) is 32.0 Å². The average molecular weight is 384 g/mol. The third-order valence-corrected chi connectivity index (χ3v) is 5.01. The maximum Gasteiger partial charge on any atom is 0.237 e. The molecule has 150 valence electrons. The zero-order valence-corrected chi connectivity index (χ0v) is 16.2. The van der Waals surface area contributed by atoms with E-state index in [4.69, 9.17) is 19.9 Å². The average Bonchev–Trinajstić information content (AvgIpc) is 2.77. The summed E-state index contributed by atoms with van der Waals surface area (Å²) in [5, 5.41) is 2.92. The summed E-state index contributed by atoms with van der Waals surface area (Å²) in [6.45, 7) is 2.21. The second-order valence-corrected chi connectivity index (χ2v) is 6.95. The predicted molar refractivity (Wildman–Crippen MR) is 107 cm³/mol. The van der Waals surface area contributed by atoms with E-state index in [0.29, 0.717) is 37.9 Å². The van der Waals surface area contributed by atoms with Crippen molar-refractivity contribution in [3.8, 4) is 11.5 Å². The van der Waals surface area contributed by atoms with Gasteiger partial charge < -0.3 is 25.3 Å². The van der Waals surface area contributed by atoms with Crippen LogP contribution in [0.4, 0.5) is 0 Å². The summed E-state index contributed by atoms with van der Waals surface area (Å²) in [4.78, 5) is 12.4. The molecule has 0 aliphatic carbocycles. The van der Waals surface area contributed by atoms with Gasteiger partial charge in [-0.25, -0.2) is 0 Å². The monoisotopic (exact) mass is 384 g/mol. The Morgan fingerprint density at radius 3 is 2.61 bits per heavy atom. The zero-order valence-electron chi connectivity index (χ0n) is 16.2. The highest BCUT2D eigenvalue weighted by Crippen LogP contribution is 2.29. The topological polar surface area (TPSA) is 82.8 Å². The Hall–Kier alpha value is -2.57. The summed E-state index contributed by atoms with van der Waals surface area (Å²) < 4.78 is 16.6. The summed E-state index contributed by atoms with van der Waals surface area (Å²) in [5.74, 6) is 1.35. The van der Waals surface area contributed by atoms with Crippen molar-refractivity contribution in [3.05, 3.63) is 59.7 Å². The molecule has 1 aliphatic heterocycles. The first kappa shape index (κ1) is 20.2. The van der Waals surface area contributed by atoms with Crippen molar-refractivity contribution >= 4 is 5.91 Å². The molecule has 1 heterocycles. The van der Waals surface area contributed by atoms with Crippen LogP contribution in [0.2, 0.25) is 0 Å². The smallest absolute Gasteiger partial charge is 0.237 e. The molecule has 0 spiro atoms. The number of nitrogens with two attached hydrogens (primary N) is 1. The van der Waals surface area contributed by atoms with Gasteiger partial charge >= 0.3 is 0 Å². The molecule has 1 fully saturated rings. The van der Waals surface area contributed by atoms with Crippen LogP contribution in [-0.4, -0.2) is 32.3 Å². The number of rotatable bonds is 8. The van der Waals surface area contributed by atoms with Gasteiger partial charge in [0.2, 0.25) is 5.91 Å². The summed E-state index contributed by atoms with van der Waals surface area (Å²) >= 11 is 0. The Kier molecular flexibility index (Phi) is 7.28. The molecule has 1 unspecified atom stereocenters. The number of hydrogen-bond acceptors (Lipinski definition) is 5. The number of carbonyl (C=O) groups is 1. The van der Waals surface area contributed by atoms with E-state index in [9.17, 15) is 4.79 Å². The van der Waals surface area contributed by atoms with Crippen LogP contribution >= 0.6 is 0 Å². The molecule has 1 saturated heterocycles. The van der Waals surface area contributed by atoms with E-state index in [0.717, 1.165) is 24.0 Å². The van der Waals surface area contributed by atoms with Crippen molar-refractivity contribution in [2.24, 2.45) is 11.7 Å². The van der Waals surface area contributed by atoms with Crippen molar-refractivity contribution in [2.75, 3.05) is 20.3 Å².